The lowest BCUT2D eigenvalue weighted by Crippen LogP contribution is -2.44. The van der Waals surface area contributed by atoms with Crippen molar-refractivity contribution in [3.05, 3.63) is 54.2 Å². The van der Waals surface area contributed by atoms with Crippen molar-refractivity contribution in [1.82, 2.24) is 14.8 Å². The van der Waals surface area contributed by atoms with Crippen LogP contribution < -0.4 is 4.74 Å². The largest absolute Gasteiger partial charge is 0.438 e. The van der Waals surface area contributed by atoms with Crippen LogP contribution >= 0.6 is 0 Å². The number of amides is 2. The number of hydrogen-bond donors (Lipinski definition) is 0. The zero-order valence-corrected chi connectivity index (χ0v) is 16.5. The van der Waals surface area contributed by atoms with Gasteiger partial charge in [0.15, 0.2) is 0 Å². The fourth-order valence-corrected chi connectivity index (χ4v) is 3.53. The van der Waals surface area contributed by atoms with Crippen molar-refractivity contribution in [3.63, 3.8) is 0 Å². The summed E-state index contributed by atoms with van der Waals surface area (Å²) in [6, 6.07) is 12.8. The Labute approximate surface area is 166 Å². The number of carbonyl (C=O) groups is 2. The average molecular weight is 381 g/mol. The van der Waals surface area contributed by atoms with Gasteiger partial charge < -0.3 is 14.5 Å². The minimum absolute atomic E-state index is 0.00196. The highest BCUT2D eigenvalue weighted by Gasteiger charge is 2.30. The van der Waals surface area contributed by atoms with E-state index in [0.717, 1.165) is 13.1 Å². The Kier molecular flexibility index (Phi) is 6.63. The second-order valence-corrected chi connectivity index (χ2v) is 6.85. The molecule has 1 fully saturated rings. The Morgan fingerprint density at radius 3 is 2.39 bits per heavy atom. The molecule has 0 unspecified atom stereocenters. The van der Waals surface area contributed by atoms with Gasteiger partial charge in [-0.05, 0) is 51.0 Å². The highest BCUT2D eigenvalue weighted by Crippen LogP contribution is 2.26. The van der Waals surface area contributed by atoms with Gasteiger partial charge in [0, 0.05) is 38.3 Å². The highest BCUT2D eigenvalue weighted by molar-refractivity contribution is 5.96. The van der Waals surface area contributed by atoms with Crippen LogP contribution in [-0.4, -0.2) is 52.8 Å². The molecule has 0 spiro atoms. The van der Waals surface area contributed by atoms with E-state index in [2.05, 4.69) is 4.98 Å². The molecular formula is C22H27N3O3. The number of pyridine rings is 1. The first kappa shape index (κ1) is 19.9. The first-order valence-electron chi connectivity index (χ1n) is 9.90. The Morgan fingerprint density at radius 1 is 1.07 bits per heavy atom. The van der Waals surface area contributed by atoms with Gasteiger partial charge in [0.05, 0.1) is 0 Å². The minimum Gasteiger partial charge on any atom is -0.438 e. The second-order valence-electron chi connectivity index (χ2n) is 6.85. The summed E-state index contributed by atoms with van der Waals surface area (Å²) >= 11 is 0. The normalized spacial score (nSPS) is 14.6. The summed E-state index contributed by atoms with van der Waals surface area (Å²) in [4.78, 5) is 33.5. The summed E-state index contributed by atoms with van der Waals surface area (Å²) < 4.78 is 5.82. The molecule has 6 nitrogen and oxygen atoms in total. The highest BCUT2D eigenvalue weighted by atomic mass is 16.5. The van der Waals surface area contributed by atoms with Gasteiger partial charge in [-0.15, -0.1) is 0 Å². The van der Waals surface area contributed by atoms with Crippen LogP contribution in [0.5, 0.6) is 11.6 Å². The van der Waals surface area contributed by atoms with Gasteiger partial charge in [-0.3, -0.25) is 9.59 Å². The summed E-state index contributed by atoms with van der Waals surface area (Å²) in [5.41, 5.74) is 0.444. The number of piperidine rings is 1. The third-order valence-electron chi connectivity index (χ3n) is 5.17. The molecule has 2 amide bonds. The maximum Gasteiger partial charge on any atom is 0.259 e. The molecule has 28 heavy (non-hydrogen) atoms. The number of para-hydroxylation sites is 1. The zero-order chi connectivity index (χ0) is 19.9. The van der Waals surface area contributed by atoms with Crippen molar-refractivity contribution in [3.8, 4) is 11.6 Å². The number of rotatable bonds is 6. The number of aromatic nitrogens is 1. The predicted molar refractivity (Wildman–Crippen MR) is 107 cm³/mol. The SMILES string of the molecule is CCN(CC)C(=O)C1CCN(C(=O)c2cccnc2Oc2ccccc2)CC1. The molecule has 0 bridgehead atoms. The van der Waals surface area contributed by atoms with Crippen molar-refractivity contribution in [1.29, 1.82) is 0 Å². The number of nitrogens with zero attached hydrogens (tertiary/aromatic N) is 3. The molecule has 2 heterocycles. The van der Waals surface area contributed by atoms with Crippen molar-refractivity contribution in [2.75, 3.05) is 26.2 Å². The number of ether oxygens (including phenoxy) is 1. The van der Waals surface area contributed by atoms with Crippen molar-refractivity contribution >= 4 is 11.8 Å². The Bertz CT molecular complexity index is 798. The molecule has 1 aromatic carbocycles. The van der Waals surface area contributed by atoms with Crippen LogP contribution in [0.4, 0.5) is 0 Å². The molecule has 148 valence electrons. The van der Waals surface area contributed by atoms with Crippen LogP contribution in [-0.2, 0) is 4.79 Å². The summed E-state index contributed by atoms with van der Waals surface area (Å²) in [6.45, 7) is 6.58. The van der Waals surface area contributed by atoms with Gasteiger partial charge in [0.1, 0.15) is 11.3 Å². The Morgan fingerprint density at radius 2 is 1.75 bits per heavy atom. The average Bonchev–Trinajstić information content (AvgIpc) is 2.75. The molecule has 0 N–H and O–H groups in total. The lowest BCUT2D eigenvalue weighted by molar-refractivity contribution is -0.136. The van der Waals surface area contributed by atoms with E-state index in [4.69, 9.17) is 4.74 Å². The second kappa shape index (κ2) is 9.35. The molecule has 2 aromatic rings. The Hall–Kier alpha value is -2.89. The van der Waals surface area contributed by atoms with Crippen LogP contribution in [0.25, 0.3) is 0 Å². The number of likely N-dealkylation sites (tertiary alicyclic amines) is 1. The lowest BCUT2D eigenvalue weighted by atomic mass is 9.94. The fourth-order valence-electron chi connectivity index (χ4n) is 3.53. The topological polar surface area (TPSA) is 62.7 Å². The van der Waals surface area contributed by atoms with Crippen LogP contribution in [0.3, 0.4) is 0 Å². The van der Waals surface area contributed by atoms with Gasteiger partial charge >= 0.3 is 0 Å². The van der Waals surface area contributed by atoms with E-state index in [9.17, 15) is 9.59 Å². The van der Waals surface area contributed by atoms with E-state index in [-0.39, 0.29) is 17.7 Å². The van der Waals surface area contributed by atoms with Crippen molar-refractivity contribution in [2.24, 2.45) is 5.92 Å². The quantitative estimate of drug-likeness (QED) is 0.767. The van der Waals surface area contributed by atoms with Crippen LogP contribution in [0.1, 0.15) is 37.0 Å². The zero-order valence-electron chi connectivity index (χ0n) is 16.5. The maximum atomic E-state index is 13.0. The first-order chi connectivity index (χ1) is 13.6. The monoisotopic (exact) mass is 381 g/mol. The molecule has 0 radical (unpaired) electrons. The van der Waals surface area contributed by atoms with Crippen molar-refractivity contribution < 1.29 is 14.3 Å². The van der Waals surface area contributed by atoms with Crippen LogP contribution in [0, 0.1) is 5.92 Å². The lowest BCUT2D eigenvalue weighted by Gasteiger charge is -2.33. The fraction of sp³-hybridized carbons (Fsp3) is 0.409. The molecular weight excluding hydrogens is 354 g/mol. The predicted octanol–water partition coefficient (Wildman–Crippen LogP) is 3.59. The van der Waals surface area contributed by atoms with Gasteiger partial charge in [-0.2, -0.15) is 0 Å². The smallest absolute Gasteiger partial charge is 0.259 e. The molecule has 1 saturated heterocycles. The van der Waals surface area contributed by atoms with E-state index < -0.39 is 0 Å². The van der Waals surface area contributed by atoms with E-state index in [1.807, 2.05) is 49.1 Å². The van der Waals surface area contributed by atoms with Crippen LogP contribution in [0.15, 0.2) is 48.7 Å². The summed E-state index contributed by atoms with van der Waals surface area (Å²) in [5, 5.41) is 0. The molecule has 0 saturated carbocycles. The van der Waals surface area contributed by atoms with Gasteiger partial charge in [-0.25, -0.2) is 4.98 Å². The first-order valence-corrected chi connectivity index (χ1v) is 9.90. The third kappa shape index (κ3) is 4.50. The van der Waals surface area contributed by atoms with E-state index in [1.165, 1.54) is 0 Å². The van der Waals surface area contributed by atoms with E-state index in [0.29, 0.717) is 43.1 Å². The van der Waals surface area contributed by atoms with Gasteiger partial charge in [-0.1, -0.05) is 18.2 Å². The summed E-state index contributed by atoms with van der Waals surface area (Å²) in [5.74, 6) is 1.04. The number of benzene rings is 1. The molecule has 0 atom stereocenters. The minimum atomic E-state index is -0.104. The van der Waals surface area contributed by atoms with Crippen molar-refractivity contribution in [2.45, 2.75) is 26.7 Å². The van der Waals surface area contributed by atoms with E-state index >= 15 is 0 Å². The van der Waals surface area contributed by atoms with Crippen LogP contribution in [0.2, 0.25) is 0 Å². The molecule has 0 aliphatic carbocycles. The van der Waals surface area contributed by atoms with Gasteiger partial charge in [0.25, 0.3) is 5.91 Å². The Balaban J connectivity index is 1.67. The number of carbonyl (C=O) groups excluding carboxylic acids is 2. The third-order valence-corrected chi connectivity index (χ3v) is 5.17. The van der Waals surface area contributed by atoms with Gasteiger partial charge in [0.2, 0.25) is 11.8 Å². The summed E-state index contributed by atoms with van der Waals surface area (Å²) in [7, 11) is 0. The molecule has 1 aliphatic heterocycles. The number of hydrogen-bond acceptors (Lipinski definition) is 4. The standard InChI is InChI=1S/C22H27N3O3/c1-3-24(4-2)21(26)17-12-15-25(16-13-17)22(27)19-11-8-14-23-20(19)28-18-9-6-5-7-10-18/h5-11,14,17H,3-4,12-13,15-16H2,1-2H3. The molecule has 1 aromatic heterocycles. The molecule has 6 heteroatoms. The maximum absolute atomic E-state index is 13.0. The summed E-state index contributed by atoms with van der Waals surface area (Å²) in [6.07, 6.45) is 3.00. The van der Waals surface area contributed by atoms with E-state index in [1.54, 1.807) is 23.2 Å². The molecule has 1 aliphatic rings. The molecule has 3 rings (SSSR count).